The maximum Gasteiger partial charge on any atom is 0.264 e. The number of hydrogen-bond donors (Lipinski definition) is 4. The molecule has 2 aromatic carbocycles. The Morgan fingerprint density at radius 2 is 1.60 bits per heavy atom. The SMILES string of the molecule is Cc1noc(C)c1-c1ccn2c(NC3CCCCC3)c(CCc3ccc(NC(=O)C4CCC(Nc5cccc6c5C(=O)N(C5CCC(=O)NC5=O)C6=O)CC4)cc3)nc2c1. The fourth-order valence-electron chi connectivity index (χ4n) is 9.53. The van der Waals surface area contributed by atoms with E-state index in [0.717, 1.165) is 81.6 Å². The minimum Gasteiger partial charge on any atom is -0.382 e. The normalized spacial score (nSPS) is 21.0. The number of rotatable bonds is 11. The van der Waals surface area contributed by atoms with Gasteiger partial charge in [-0.25, -0.2) is 4.98 Å². The van der Waals surface area contributed by atoms with Gasteiger partial charge in [0.1, 0.15) is 23.3 Å². The minimum atomic E-state index is -1.02. The third-order valence-electron chi connectivity index (χ3n) is 12.8. The molecule has 2 aliphatic carbocycles. The lowest BCUT2D eigenvalue weighted by Gasteiger charge is -2.30. The fraction of sp³-hybridized carbons (Fsp3) is 0.413. The number of carbonyl (C=O) groups excluding carboxylic acids is 5. The van der Waals surface area contributed by atoms with Crippen LogP contribution in [0.4, 0.5) is 17.2 Å². The van der Waals surface area contributed by atoms with Crippen LogP contribution in [0.25, 0.3) is 16.8 Å². The molecular weight excluding hydrogens is 761 g/mol. The third-order valence-corrected chi connectivity index (χ3v) is 12.8. The predicted molar refractivity (Wildman–Crippen MR) is 226 cm³/mol. The van der Waals surface area contributed by atoms with Crippen molar-refractivity contribution in [3.63, 3.8) is 0 Å². The number of imide groups is 2. The summed E-state index contributed by atoms with van der Waals surface area (Å²) in [7, 11) is 0. The summed E-state index contributed by atoms with van der Waals surface area (Å²) >= 11 is 0. The molecular formula is C46H50N8O6. The second kappa shape index (κ2) is 16.4. The van der Waals surface area contributed by atoms with Gasteiger partial charge in [-0.15, -0.1) is 0 Å². The summed E-state index contributed by atoms with van der Waals surface area (Å²) in [4.78, 5) is 70.6. The lowest BCUT2D eigenvalue weighted by molar-refractivity contribution is -0.136. The Morgan fingerprint density at radius 1 is 0.833 bits per heavy atom. The van der Waals surface area contributed by atoms with Gasteiger partial charge in [0.25, 0.3) is 11.8 Å². The number of aromatic nitrogens is 3. The van der Waals surface area contributed by atoms with Crippen molar-refractivity contribution in [2.75, 3.05) is 16.0 Å². The molecule has 14 heteroatoms. The van der Waals surface area contributed by atoms with Crippen molar-refractivity contribution in [3.8, 4) is 11.1 Å². The average Bonchev–Trinajstić information content (AvgIpc) is 3.86. The summed E-state index contributed by atoms with van der Waals surface area (Å²) in [6.07, 6.45) is 12.7. The largest absolute Gasteiger partial charge is 0.382 e. The van der Waals surface area contributed by atoms with Crippen LogP contribution in [0.3, 0.4) is 0 Å². The Bertz CT molecular complexity index is 2470. The van der Waals surface area contributed by atoms with Crippen molar-refractivity contribution >= 4 is 52.4 Å². The van der Waals surface area contributed by atoms with E-state index in [-0.39, 0.29) is 41.8 Å². The maximum absolute atomic E-state index is 13.5. The number of nitrogens with one attached hydrogen (secondary N) is 4. The molecule has 2 aliphatic heterocycles. The standard InChI is InChI=1S/C46H50N8O6/c1-26-40(27(2)60-52-26)30-23-24-53-38(25-30)50-36(42(53)48-31-7-4-3-5-8-31)20-13-28-11-16-33(17-12-28)49-43(56)29-14-18-32(19-15-29)47-35-10-6-9-34-41(35)46(59)54(45(34)58)37-21-22-39(55)51-44(37)57/h6,9-12,16-17,23-25,29,31-32,37,47-48H,3-5,7-8,13-15,18-22H2,1-2H3,(H,49,56)(H,51,55,57). The topological polar surface area (TPSA) is 180 Å². The Labute approximate surface area is 347 Å². The molecule has 0 radical (unpaired) electrons. The van der Waals surface area contributed by atoms with Crippen LogP contribution < -0.4 is 21.3 Å². The van der Waals surface area contributed by atoms with Gasteiger partial charge in [0, 0.05) is 47.6 Å². The van der Waals surface area contributed by atoms with Gasteiger partial charge in [0.2, 0.25) is 17.7 Å². The molecule has 9 rings (SSSR count). The van der Waals surface area contributed by atoms with E-state index in [4.69, 9.17) is 9.51 Å². The summed E-state index contributed by atoms with van der Waals surface area (Å²) in [5, 5.41) is 16.8. The zero-order valence-electron chi connectivity index (χ0n) is 34.0. The van der Waals surface area contributed by atoms with Crippen LogP contribution in [0, 0.1) is 19.8 Å². The van der Waals surface area contributed by atoms with Crippen molar-refractivity contribution in [2.24, 2.45) is 5.92 Å². The number of imidazole rings is 1. The van der Waals surface area contributed by atoms with E-state index in [0.29, 0.717) is 37.4 Å². The van der Waals surface area contributed by atoms with E-state index in [1.54, 1.807) is 18.2 Å². The number of nitrogens with zero attached hydrogens (tertiary/aromatic N) is 4. The molecule has 310 valence electrons. The molecule has 1 atom stereocenters. The number of piperidine rings is 1. The molecule has 14 nitrogen and oxygen atoms in total. The van der Waals surface area contributed by atoms with Crippen LogP contribution in [-0.4, -0.2) is 67.1 Å². The molecule has 3 fully saturated rings. The predicted octanol–water partition coefficient (Wildman–Crippen LogP) is 7.15. The maximum atomic E-state index is 13.5. The number of benzene rings is 2. The highest BCUT2D eigenvalue weighted by Crippen LogP contribution is 2.36. The van der Waals surface area contributed by atoms with Crippen molar-refractivity contribution in [2.45, 2.75) is 115 Å². The van der Waals surface area contributed by atoms with E-state index >= 15 is 0 Å². The molecule has 5 amide bonds. The number of aryl methyl sites for hydroxylation is 4. The Morgan fingerprint density at radius 3 is 2.33 bits per heavy atom. The van der Waals surface area contributed by atoms with E-state index in [1.807, 2.05) is 26.0 Å². The van der Waals surface area contributed by atoms with Gasteiger partial charge in [0.05, 0.1) is 22.5 Å². The van der Waals surface area contributed by atoms with Crippen LogP contribution in [0.5, 0.6) is 0 Å². The quantitative estimate of drug-likeness (QED) is 0.100. The van der Waals surface area contributed by atoms with Crippen molar-refractivity contribution in [1.29, 1.82) is 0 Å². The number of amides is 5. The van der Waals surface area contributed by atoms with Crippen LogP contribution in [0.1, 0.15) is 114 Å². The number of pyridine rings is 1. The van der Waals surface area contributed by atoms with Gasteiger partial charge in [-0.2, -0.15) is 0 Å². The highest BCUT2D eigenvalue weighted by molar-refractivity contribution is 6.25. The highest BCUT2D eigenvalue weighted by Gasteiger charge is 2.46. The molecule has 4 N–H and O–H groups in total. The fourth-order valence-corrected chi connectivity index (χ4v) is 9.53. The summed E-state index contributed by atoms with van der Waals surface area (Å²) in [5.74, 6) is -0.438. The van der Waals surface area contributed by atoms with Crippen LogP contribution in [0.15, 0.2) is 65.3 Å². The molecule has 1 unspecified atom stereocenters. The Balaban J connectivity index is 0.804. The third kappa shape index (κ3) is 7.66. The van der Waals surface area contributed by atoms with Crippen molar-refractivity contribution in [3.05, 3.63) is 94.6 Å². The lowest BCUT2D eigenvalue weighted by Crippen LogP contribution is -2.54. The Kier molecular flexibility index (Phi) is 10.7. The van der Waals surface area contributed by atoms with Crippen molar-refractivity contribution in [1.82, 2.24) is 24.8 Å². The number of fused-ring (bicyclic) bond motifs is 2. The van der Waals surface area contributed by atoms with Crippen LogP contribution in [0.2, 0.25) is 0 Å². The first-order chi connectivity index (χ1) is 29.1. The zero-order chi connectivity index (χ0) is 41.5. The smallest absolute Gasteiger partial charge is 0.264 e. The molecule has 0 spiro atoms. The molecule has 4 aliphatic rings. The monoisotopic (exact) mass is 810 g/mol. The Hall–Kier alpha value is -6.31. The van der Waals surface area contributed by atoms with E-state index in [1.165, 1.54) is 19.3 Å². The van der Waals surface area contributed by atoms with Gasteiger partial charge in [-0.1, -0.05) is 42.6 Å². The van der Waals surface area contributed by atoms with E-state index in [2.05, 4.69) is 61.3 Å². The van der Waals surface area contributed by atoms with Gasteiger partial charge < -0.3 is 20.5 Å². The summed E-state index contributed by atoms with van der Waals surface area (Å²) in [5.41, 5.74) is 7.76. The zero-order valence-corrected chi connectivity index (χ0v) is 34.0. The van der Waals surface area contributed by atoms with Gasteiger partial charge >= 0.3 is 0 Å². The minimum absolute atomic E-state index is 0.00265. The van der Waals surface area contributed by atoms with E-state index in [9.17, 15) is 24.0 Å². The second-order valence-electron chi connectivity index (χ2n) is 16.8. The molecule has 60 heavy (non-hydrogen) atoms. The first-order valence-corrected chi connectivity index (χ1v) is 21.3. The van der Waals surface area contributed by atoms with Gasteiger partial charge in [-0.3, -0.25) is 38.6 Å². The first kappa shape index (κ1) is 39.2. The second-order valence-corrected chi connectivity index (χ2v) is 16.8. The van der Waals surface area contributed by atoms with Crippen LogP contribution >= 0.6 is 0 Å². The molecule has 5 aromatic rings. The molecule has 5 heterocycles. The number of carbonyl (C=O) groups is 5. The summed E-state index contributed by atoms with van der Waals surface area (Å²) in [6, 6.07) is 16.8. The molecule has 2 saturated carbocycles. The summed E-state index contributed by atoms with van der Waals surface area (Å²) < 4.78 is 7.62. The average molecular weight is 811 g/mol. The van der Waals surface area contributed by atoms with Crippen molar-refractivity contribution < 1.29 is 28.5 Å². The summed E-state index contributed by atoms with van der Waals surface area (Å²) in [6.45, 7) is 3.89. The molecule has 3 aromatic heterocycles. The lowest BCUT2D eigenvalue weighted by atomic mass is 9.85. The van der Waals surface area contributed by atoms with Gasteiger partial charge in [-0.05, 0) is 119 Å². The number of anilines is 3. The highest BCUT2D eigenvalue weighted by atomic mass is 16.5. The van der Waals surface area contributed by atoms with Crippen LogP contribution in [-0.2, 0) is 27.2 Å². The number of hydrogen-bond acceptors (Lipinski definition) is 10. The molecule has 0 bridgehead atoms. The van der Waals surface area contributed by atoms with Gasteiger partial charge in [0.15, 0.2) is 0 Å². The van der Waals surface area contributed by atoms with E-state index < -0.39 is 29.7 Å². The first-order valence-electron chi connectivity index (χ1n) is 21.3. The molecule has 1 saturated heterocycles.